The molecule has 35 heavy (non-hydrogen) atoms. The van der Waals surface area contributed by atoms with Crippen LogP contribution in [0.1, 0.15) is 0 Å². The second kappa shape index (κ2) is 9.44. The van der Waals surface area contributed by atoms with E-state index in [1.165, 1.54) is 4.31 Å². The standard InChI is InChI=1S/C28H26N2O4S/c1-34-23-17-15-21(16-18-23)30(35(32,33)24-9-3-2-4-10-24)20-22(31)19-29-27-13-7-5-11-25(27)26-12-6-8-14-28(26)29/h2-18,22,31H,19-20H2,1H3/t22-/m0/s1. The Morgan fingerprint density at radius 3 is 1.91 bits per heavy atom. The Morgan fingerprint density at radius 2 is 1.34 bits per heavy atom. The fourth-order valence-electron chi connectivity index (χ4n) is 4.47. The zero-order valence-corrected chi connectivity index (χ0v) is 20.1. The molecule has 0 aliphatic rings. The van der Waals surface area contributed by atoms with Crippen LogP contribution in [-0.2, 0) is 16.6 Å². The highest BCUT2D eigenvalue weighted by atomic mass is 32.2. The van der Waals surface area contributed by atoms with Gasteiger partial charge in [-0.2, -0.15) is 0 Å². The van der Waals surface area contributed by atoms with Gasteiger partial charge in [-0.3, -0.25) is 4.31 Å². The summed E-state index contributed by atoms with van der Waals surface area (Å²) < 4.78 is 35.8. The predicted octanol–water partition coefficient (Wildman–Crippen LogP) is 5.06. The lowest BCUT2D eigenvalue weighted by Gasteiger charge is -2.27. The summed E-state index contributed by atoms with van der Waals surface area (Å²) in [5, 5.41) is 13.4. The molecule has 5 aromatic rings. The molecule has 0 bridgehead atoms. The first-order chi connectivity index (χ1) is 17.0. The van der Waals surface area contributed by atoms with Gasteiger partial charge in [-0.25, -0.2) is 8.42 Å². The molecule has 1 N–H and O–H groups in total. The van der Waals surface area contributed by atoms with Crippen molar-refractivity contribution in [3.8, 4) is 5.75 Å². The third-order valence-corrected chi connectivity index (χ3v) is 7.95. The Kier molecular flexibility index (Phi) is 6.19. The highest BCUT2D eigenvalue weighted by molar-refractivity contribution is 7.92. The lowest BCUT2D eigenvalue weighted by atomic mass is 10.2. The molecule has 0 spiro atoms. The monoisotopic (exact) mass is 486 g/mol. The first-order valence-electron chi connectivity index (χ1n) is 11.3. The summed E-state index contributed by atoms with van der Waals surface area (Å²) in [5.41, 5.74) is 2.44. The Bertz CT molecular complexity index is 1510. The van der Waals surface area contributed by atoms with Crippen LogP contribution < -0.4 is 9.04 Å². The number of aliphatic hydroxyl groups is 1. The average Bonchev–Trinajstić information content (AvgIpc) is 3.21. The van der Waals surface area contributed by atoms with Crippen molar-refractivity contribution in [3.63, 3.8) is 0 Å². The molecule has 0 unspecified atom stereocenters. The average molecular weight is 487 g/mol. The maximum absolute atomic E-state index is 13.6. The topological polar surface area (TPSA) is 71.8 Å². The molecule has 6 nitrogen and oxygen atoms in total. The first-order valence-corrected chi connectivity index (χ1v) is 12.8. The summed E-state index contributed by atoms with van der Waals surface area (Å²) in [6.45, 7) is 0.134. The number of rotatable bonds is 8. The number of aliphatic hydroxyl groups excluding tert-OH is 1. The highest BCUT2D eigenvalue weighted by Gasteiger charge is 2.27. The number of methoxy groups -OCH3 is 1. The number of hydrogen-bond donors (Lipinski definition) is 1. The number of sulfonamides is 1. The second-order valence-electron chi connectivity index (χ2n) is 8.35. The lowest BCUT2D eigenvalue weighted by Crippen LogP contribution is -2.39. The van der Waals surface area contributed by atoms with Crippen molar-refractivity contribution in [3.05, 3.63) is 103 Å². The smallest absolute Gasteiger partial charge is 0.264 e. The summed E-state index contributed by atoms with van der Waals surface area (Å²) >= 11 is 0. The van der Waals surface area contributed by atoms with Crippen LogP contribution in [0, 0.1) is 0 Å². The Morgan fingerprint density at radius 1 is 0.800 bits per heavy atom. The Hall–Kier alpha value is -3.81. The van der Waals surface area contributed by atoms with Gasteiger partial charge in [0.2, 0.25) is 0 Å². The van der Waals surface area contributed by atoms with Gasteiger partial charge in [0.05, 0.1) is 36.9 Å². The van der Waals surface area contributed by atoms with Crippen molar-refractivity contribution in [2.45, 2.75) is 17.5 Å². The molecule has 1 heterocycles. The number of anilines is 1. The maximum atomic E-state index is 13.6. The summed E-state index contributed by atoms with van der Waals surface area (Å²) in [5.74, 6) is 0.622. The molecule has 0 aliphatic carbocycles. The molecule has 0 fully saturated rings. The van der Waals surface area contributed by atoms with Gasteiger partial charge in [-0.05, 0) is 48.5 Å². The van der Waals surface area contributed by atoms with E-state index >= 15 is 0 Å². The van der Waals surface area contributed by atoms with E-state index < -0.39 is 16.1 Å². The van der Waals surface area contributed by atoms with Crippen molar-refractivity contribution in [2.24, 2.45) is 0 Å². The normalized spacial score (nSPS) is 12.6. The zero-order chi connectivity index (χ0) is 24.4. The van der Waals surface area contributed by atoms with Crippen LogP contribution in [0.25, 0.3) is 21.8 Å². The minimum absolute atomic E-state index is 0.107. The molecule has 0 saturated carbocycles. The van der Waals surface area contributed by atoms with Crippen LogP contribution in [0.3, 0.4) is 0 Å². The molecular formula is C28H26N2O4S. The molecule has 178 valence electrons. The first kappa shape index (κ1) is 23.0. The Balaban J connectivity index is 1.52. The van der Waals surface area contributed by atoms with E-state index in [-0.39, 0.29) is 18.0 Å². The quantitative estimate of drug-likeness (QED) is 0.333. The minimum Gasteiger partial charge on any atom is -0.497 e. The third-order valence-electron chi connectivity index (χ3n) is 6.14. The van der Waals surface area contributed by atoms with E-state index in [4.69, 9.17) is 4.74 Å². The van der Waals surface area contributed by atoms with Crippen LogP contribution in [-0.4, -0.2) is 37.8 Å². The SMILES string of the molecule is COc1ccc(N(C[C@@H](O)Cn2c3ccccc3c3ccccc32)S(=O)(=O)c2ccccc2)cc1. The van der Waals surface area contributed by atoms with Crippen LogP contribution in [0.4, 0.5) is 5.69 Å². The number of fused-ring (bicyclic) bond motifs is 3. The van der Waals surface area contributed by atoms with Gasteiger partial charge in [0.15, 0.2) is 0 Å². The summed E-state index contributed by atoms with van der Waals surface area (Å²) in [6.07, 6.45) is -0.963. The molecule has 1 aromatic heterocycles. The van der Waals surface area contributed by atoms with Crippen molar-refractivity contribution in [2.75, 3.05) is 18.0 Å². The van der Waals surface area contributed by atoms with E-state index in [1.54, 1.807) is 61.7 Å². The maximum Gasteiger partial charge on any atom is 0.264 e. The predicted molar refractivity (Wildman–Crippen MR) is 139 cm³/mol. The molecule has 0 saturated heterocycles. The number of para-hydroxylation sites is 2. The number of hydrogen-bond acceptors (Lipinski definition) is 4. The molecule has 0 radical (unpaired) electrons. The van der Waals surface area contributed by atoms with Gasteiger partial charge < -0.3 is 14.4 Å². The fourth-order valence-corrected chi connectivity index (χ4v) is 5.99. The number of aromatic nitrogens is 1. The van der Waals surface area contributed by atoms with Gasteiger partial charge in [-0.1, -0.05) is 54.6 Å². The van der Waals surface area contributed by atoms with Crippen molar-refractivity contribution >= 4 is 37.5 Å². The largest absolute Gasteiger partial charge is 0.497 e. The highest BCUT2D eigenvalue weighted by Crippen LogP contribution is 2.30. The molecule has 0 amide bonds. The molecule has 5 rings (SSSR count). The van der Waals surface area contributed by atoms with E-state index in [2.05, 4.69) is 16.7 Å². The van der Waals surface area contributed by atoms with E-state index in [0.717, 1.165) is 21.8 Å². The van der Waals surface area contributed by atoms with Crippen molar-refractivity contribution in [1.82, 2.24) is 4.57 Å². The zero-order valence-electron chi connectivity index (χ0n) is 19.3. The van der Waals surface area contributed by atoms with E-state index in [1.807, 2.05) is 36.4 Å². The molecule has 1 atom stereocenters. The molecule has 0 aliphatic heterocycles. The molecular weight excluding hydrogens is 460 g/mol. The van der Waals surface area contributed by atoms with Crippen molar-refractivity contribution in [1.29, 1.82) is 0 Å². The summed E-state index contributed by atoms with van der Waals surface area (Å²) in [7, 11) is -2.35. The van der Waals surface area contributed by atoms with Crippen LogP contribution in [0.2, 0.25) is 0 Å². The number of benzene rings is 4. The second-order valence-corrected chi connectivity index (χ2v) is 10.2. The Labute approximate surface area is 204 Å². The number of ether oxygens (including phenoxy) is 1. The molecule has 7 heteroatoms. The number of nitrogens with zero attached hydrogens (tertiary/aromatic N) is 2. The van der Waals surface area contributed by atoms with Crippen LogP contribution in [0.5, 0.6) is 5.75 Å². The molecule has 4 aromatic carbocycles. The minimum atomic E-state index is -3.91. The van der Waals surface area contributed by atoms with Gasteiger partial charge in [0.1, 0.15) is 5.75 Å². The van der Waals surface area contributed by atoms with Gasteiger partial charge >= 0.3 is 0 Å². The lowest BCUT2D eigenvalue weighted by molar-refractivity contribution is 0.166. The van der Waals surface area contributed by atoms with Crippen LogP contribution in [0.15, 0.2) is 108 Å². The fraction of sp³-hybridized carbons (Fsp3) is 0.143. The van der Waals surface area contributed by atoms with E-state index in [9.17, 15) is 13.5 Å². The van der Waals surface area contributed by atoms with Gasteiger partial charge in [0, 0.05) is 21.8 Å². The summed E-state index contributed by atoms with van der Waals surface area (Å²) in [4.78, 5) is 0.167. The third kappa shape index (κ3) is 4.36. The van der Waals surface area contributed by atoms with Gasteiger partial charge in [-0.15, -0.1) is 0 Å². The summed E-state index contributed by atoms with van der Waals surface area (Å²) in [6, 6.07) is 31.1. The van der Waals surface area contributed by atoms with E-state index in [0.29, 0.717) is 11.4 Å². The van der Waals surface area contributed by atoms with Crippen molar-refractivity contribution < 1.29 is 18.3 Å². The van der Waals surface area contributed by atoms with Crippen LogP contribution >= 0.6 is 0 Å². The van der Waals surface area contributed by atoms with Gasteiger partial charge in [0.25, 0.3) is 10.0 Å².